The number of nitrogens with one attached hydrogen (secondary N) is 1. The summed E-state index contributed by atoms with van der Waals surface area (Å²) in [7, 11) is 1.11. The second kappa shape index (κ2) is 8.31. The first-order chi connectivity index (χ1) is 12.5. The number of carbonyl (C=O) groups excluding carboxylic acids is 2. The lowest BCUT2D eigenvalue weighted by Crippen LogP contribution is -2.44. The van der Waals surface area contributed by atoms with Gasteiger partial charge < -0.3 is 10.1 Å². The number of rotatable bonds is 6. The molecule has 1 aromatic rings. The monoisotopic (exact) mass is 373 g/mol. The third-order valence-electron chi connectivity index (χ3n) is 3.80. The van der Waals surface area contributed by atoms with E-state index in [1.165, 1.54) is 18.2 Å². The number of hydrogen-bond donors (Lipinski definition) is 1. The summed E-state index contributed by atoms with van der Waals surface area (Å²) in [6, 6.07) is 7.71. The van der Waals surface area contributed by atoms with Crippen molar-refractivity contribution in [2.24, 2.45) is 5.92 Å². The Balaban J connectivity index is 2.73. The molecular weight excluding hydrogens is 358 g/mol. The van der Waals surface area contributed by atoms with E-state index in [2.05, 4.69) is 11.9 Å². The van der Waals surface area contributed by atoms with Crippen molar-refractivity contribution in [3.05, 3.63) is 63.2 Å². The summed E-state index contributed by atoms with van der Waals surface area (Å²) in [6.45, 7) is 3.58. The molecule has 1 N–H and O–H groups in total. The summed E-state index contributed by atoms with van der Waals surface area (Å²) in [5.41, 5.74) is -0.0981. The number of thioether (sulfide) groups is 1. The molecule has 0 fully saturated rings. The van der Waals surface area contributed by atoms with Crippen LogP contribution in [0.5, 0.6) is 0 Å². The molecule has 134 valence electrons. The van der Waals surface area contributed by atoms with E-state index in [0.717, 1.165) is 18.9 Å². The third-order valence-corrected chi connectivity index (χ3v) is 4.81. The highest BCUT2D eigenvalue weighted by molar-refractivity contribution is 8.03. The fourth-order valence-corrected chi connectivity index (χ4v) is 3.50. The van der Waals surface area contributed by atoms with Gasteiger partial charge in [-0.1, -0.05) is 24.3 Å². The Morgan fingerprint density at radius 2 is 2.23 bits per heavy atom. The first-order valence-corrected chi connectivity index (χ1v) is 8.44. The first-order valence-electron chi connectivity index (χ1n) is 7.46. The van der Waals surface area contributed by atoms with Gasteiger partial charge in [0.1, 0.15) is 5.92 Å². The summed E-state index contributed by atoms with van der Waals surface area (Å²) < 4.78 is 4.70. The summed E-state index contributed by atoms with van der Waals surface area (Å²) in [6.07, 6.45) is 1.59. The maximum absolute atomic E-state index is 12.5. The molecule has 1 aliphatic heterocycles. The Morgan fingerprint density at radius 1 is 1.54 bits per heavy atom. The van der Waals surface area contributed by atoms with E-state index in [1.807, 2.05) is 6.07 Å². The molecule has 0 saturated heterocycles. The molecule has 26 heavy (non-hydrogen) atoms. The molecule has 0 aliphatic carbocycles. The Hall–Kier alpha value is -3.12. The number of nitrogens with zero attached hydrogens (tertiary/aromatic N) is 2. The van der Waals surface area contributed by atoms with Crippen molar-refractivity contribution < 1.29 is 19.2 Å². The predicted octanol–water partition coefficient (Wildman–Crippen LogP) is 2.25. The molecule has 0 spiro atoms. The van der Waals surface area contributed by atoms with Crippen LogP contribution in [-0.2, 0) is 14.3 Å². The minimum Gasteiger partial charge on any atom is -0.468 e. The van der Waals surface area contributed by atoms with Crippen molar-refractivity contribution in [2.75, 3.05) is 12.9 Å². The van der Waals surface area contributed by atoms with Crippen LogP contribution in [-0.4, -0.2) is 29.7 Å². The third kappa shape index (κ3) is 3.60. The number of para-hydroxylation sites is 1. The van der Waals surface area contributed by atoms with Crippen LogP contribution in [0.2, 0.25) is 0 Å². The first kappa shape index (κ1) is 19.2. The minimum atomic E-state index is -1.40. The lowest BCUT2D eigenvalue weighted by Gasteiger charge is -2.30. The van der Waals surface area contributed by atoms with Crippen molar-refractivity contribution in [2.45, 2.75) is 5.92 Å². The van der Waals surface area contributed by atoms with E-state index >= 15 is 0 Å². The van der Waals surface area contributed by atoms with Gasteiger partial charge in [0.05, 0.1) is 34.6 Å². The summed E-state index contributed by atoms with van der Waals surface area (Å²) in [4.78, 5) is 35.5. The predicted molar refractivity (Wildman–Crippen MR) is 94.8 cm³/mol. The Morgan fingerprint density at radius 3 is 2.81 bits per heavy atom. The molecule has 8 nitrogen and oxygen atoms in total. The van der Waals surface area contributed by atoms with E-state index in [4.69, 9.17) is 4.74 Å². The molecular formula is C17H15N3O5S. The number of nitro benzene ring substituents is 1. The Labute approximate surface area is 153 Å². The number of ether oxygens (including phenoxy) is 1. The highest BCUT2D eigenvalue weighted by Gasteiger charge is 2.46. The van der Waals surface area contributed by atoms with Crippen molar-refractivity contribution in [1.29, 1.82) is 5.26 Å². The van der Waals surface area contributed by atoms with E-state index in [0.29, 0.717) is 5.75 Å². The number of nitro groups is 1. The quantitative estimate of drug-likeness (QED) is 0.267. The van der Waals surface area contributed by atoms with Gasteiger partial charge in [-0.25, -0.2) is 0 Å². The highest BCUT2D eigenvalue weighted by atomic mass is 32.2. The number of carbonyl (C=O) groups is 2. The van der Waals surface area contributed by atoms with E-state index in [1.54, 1.807) is 12.1 Å². The van der Waals surface area contributed by atoms with Crippen molar-refractivity contribution in [3.8, 4) is 6.07 Å². The maximum Gasteiger partial charge on any atom is 0.319 e. The lowest BCUT2D eigenvalue weighted by atomic mass is 9.78. The summed E-state index contributed by atoms with van der Waals surface area (Å²) in [5, 5.41) is 23.9. The molecule has 2 rings (SSSR count). The minimum absolute atomic E-state index is 0.0705. The number of nitriles is 1. The topological polar surface area (TPSA) is 122 Å². The maximum atomic E-state index is 12.5. The second-order valence-corrected chi connectivity index (χ2v) is 6.27. The average Bonchev–Trinajstić information content (AvgIpc) is 2.64. The van der Waals surface area contributed by atoms with Crippen molar-refractivity contribution in [3.63, 3.8) is 0 Å². The molecule has 0 bridgehead atoms. The molecule has 1 aromatic carbocycles. The molecule has 0 unspecified atom stereocenters. The number of allylic oxidation sites excluding steroid dienone is 1. The van der Waals surface area contributed by atoms with Crippen LogP contribution >= 0.6 is 11.8 Å². The van der Waals surface area contributed by atoms with Crippen LogP contribution < -0.4 is 5.32 Å². The molecule has 0 saturated carbocycles. The van der Waals surface area contributed by atoms with Gasteiger partial charge >= 0.3 is 5.97 Å². The van der Waals surface area contributed by atoms with Gasteiger partial charge in [0.2, 0.25) is 5.91 Å². The zero-order valence-corrected chi connectivity index (χ0v) is 14.6. The standard InChI is InChI=1S/C17H15N3O5S/c1-3-8-26-16-11(9-18)13(14(15(21)19-16)17(22)25-2)10-6-4-5-7-12(10)20(23)24/h3-7,13-14H,1,8H2,2H3,(H,19,21)/t13-,14-/m1/s1. The van der Waals surface area contributed by atoms with Gasteiger partial charge in [0, 0.05) is 17.4 Å². The van der Waals surface area contributed by atoms with Gasteiger partial charge in [0.25, 0.3) is 5.69 Å². The molecule has 0 aromatic heterocycles. The van der Waals surface area contributed by atoms with E-state index in [-0.39, 0.29) is 21.9 Å². The van der Waals surface area contributed by atoms with Gasteiger partial charge in [-0.15, -0.1) is 18.3 Å². The van der Waals surface area contributed by atoms with Gasteiger partial charge in [-0.3, -0.25) is 19.7 Å². The number of amides is 1. The molecule has 0 radical (unpaired) electrons. The average molecular weight is 373 g/mol. The number of benzene rings is 1. The molecule has 1 heterocycles. The second-order valence-electron chi connectivity index (χ2n) is 5.24. The fraction of sp³-hybridized carbons (Fsp3) is 0.235. The van der Waals surface area contributed by atoms with Crippen LogP contribution in [0, 0.1) is 27.4 Å². The summed E-state index contributed by atoms with van der Waals surface area (Å²) >= 11 is 1.15. The van der Waals surface area contributed by atoms with Gasteiger partial charge in [0.15, 0.2) is 0 Å². The van der Waals surface area contributed by atoms with Crippen LogP contribution in [0.3, 0.4) is 0 Å². The zero-order chi connectivity index (χ0) is 19.3. The van der Waals surface area contributed by atoms with Gasteiger partial charge in [-0.2, -0.15) is 5.26 Å². The summed E-state index contributed by atoms with van der Waals surface area (Å²) in [5.74, 6) is -3.65. The SMILES string of the molecule is C=CCSC1=C(C#N)[C@@H](c2ccccc2[N+](=O)[O-])[C@@H](C(=O)OC)C(=O)N1. The Kier molecular flexibility index (Phi) is 6.14. The van der Waals surface area contributed by atoms with Crippen LogP contribution in [0.25, 0.3) is 0 Å². The van der Waals surface area contributed by atoms with E-state index < -0.39 is 28.6 Å². The normalized spacial score (nSPS) is 19.3. The lowest BCUT2D eigenvalue weighted by molar-refractivity contribution is -0.385. The van der Waals surface area contributed by atoms with Crippen LogP contribution in [0.4, 0.5) is 5.69 Å². The van der Waals surface area contributed by atoms with Crippen LogP contribution in [0.1, 0.15) is 11.5 Å². The zero-order valence-electron chi connectivity index (χ0n) is 13.8. The largest absolute Gasteiger partial charge is 0.468 e. The van der Waals surface area contributed by atoms with Crippen molar-refractivity contribution in [1.82, 2.24) is 5.32 Å². The molecule has 1 amide bonds. The van der Waals surface area contributed by atoms with Crippen LogP contribution in [0.15, 0.2) is 47.5 Å². The number of esters is 1. The number of methoxy groups -OCH3 is 1. The smallest absolute Gasteiger partial charge is 0.319 e. The Bertz CT molecular complexity index is 843. The van der Waals surface area contributed by atoms with Crippen molar-refractivity contribution >= 4 is 29.3 Å². The van der Waals surface area contributed by atoms with E-state index in [9.17, 15) is 25.0 Å². The molecule has 2 atom stereocenters. The van der Waals surface area contributed by atoms with Gasteiger partial charge in [-0.05, 0) is 0 Å². The highest BCUT2D eigenvalue weighted by Crippen LogP contribution is 2.43. The molecule has 1 aliphatic rings. The fourth-order valence-electron chi connectivity index (χ4n) is 2.71. The number of hydrogen-bond acceptors (Lipinski definition) is 7. The molecule has 9 heteroatoms.